The highest BCUT2D eigenvalue weighted by Gasteiger charge is 2.16. The first-order chi connectivity index (χ1) is 14.6. The van der Waals surface area contributed by atoms with Gasteiger partial charge in [-0.05, 0) is 60.4 Å². The van der Waals surface area contributed by atoms with E-state index < -0.39 is 11.9 Å². The fourth-order valence-electron chi connectivity index (χ4n) is 3.01. The van der Waals surface area contributed by atoms with Crippen molar-refractivity contribution < 1.29 is 19.1 Å². The molecular formula is C25H25NO4. The van der Waals surface area contributed by atoms with E-state index in [9.17, 15) is 9.59 Å². The molecule has 1 heterocycles. The van der Waals surface area contributed by atoms with E-state index in [1.165, 1.54) is 23.3 Å². The quantitative estimate of drug-likeness (QED) is 0.371. The second-order valence-electron chi connectivity index (χ2n) is 6.98. The van der Waals surface area contributed by atoms with Crippen LogP contribution in [0.1, 0.15) is 58.8 Å². The lowest BCUT2D eigenvalue weighted by Gasteiger charge is -2.07. The molecule has 0 amide bonds. The number of rotatable bonds is 8. The molecule has 0 radical (unpaired) electrons. The van der Waals surface area contributed by atoms with E-state index in [4.69, 9.17) is 9.47 Å². The number of nitrogens with zero attached hydrogens (tertiary/aromatic N) is 1. The van der Waals surface area contributed by atoms with Crippen molar-refractivity contribution in [3.63, 3.8) is 0 Å². The van der Waals surface area contributed by atoms with Crippen LogP contribution in [0.3, 0.4) is 0 Å². The molecule has 3 rings (SSSR count). The maximum atomic E-state index is 12.4. The van der Waals surface area contributed by atoms with Crippen molar-refractivity contribution in [3.8, 4) is 11.5 Å². The molecule has 0 saturated carbocycles. The normalized spacial score (nSPS) is 10.5. The molecule has 0 aliphatic rings. The van der Waals surface area contributed by atoms with E-state index in [1.54, 1.807) is 30.3 Å². The lowest BCUT2D eigenvalue weighted by atomic mass is 10.1. The number of carbonyl (C=O) groups is 2. The first-order valence-electron chi connectivity index (χ1n) is 10.2. The van der Waals surface area contributed by atoms with Crippen molar-refractivity contribution >= 4 is 11.9 Å². The Bertz CT molecular complexity index is 916. The molecule has 0 fully saturated rings. The fourth-order valence-corrected chi connectivity index (χ4v) is 3.01. The van der Waals surface area contributed by atoms with Crippen molar-refractivity contribution in [1.29, 1.82) is 0 Å². The third-order valence-electron chi connectivity index (χ3n) is 4.51. The van der Waals surface area contributed by atoms with Gasteiger partial charge in [-0.3, -0.25) is 0 Å². The summed E-state index contributed by atoms with van der Waals surface area (Å²) in [5.41, 5.74) is 2.45. The van der Waals surface area contributed by atoms with E-state index in [-0.39, 0.29) is 11.4 Å². The van der Waals surface area contributed by atoms with Crippen LogP contribution in [0.15, 0.2) is 66.7 Å². The molecule has 5 heteroatoms. The zero-order valence-electron chi connectivity index (χ0n) is 17.3. The van der Waals surface area contributed by atoms with Crippen molar-refractivity contribution in [3.05, 3.63) is 89.2 Å². The number of benzene rings is 2. The van der Waals surface area contributed by atoms with Gasteiger partial charge in [-0.15, -0.1) is 0 Å². The van der Waals surface area contributed by atoms with Crippen LogP contribution < -0.4 is 9.47 Å². The SMILES string of the molecule is CCCc1ccc(OC(=O)c2cccc(C(=O)Oc3ccc(CCC)cc3)n2)cc1. The molecule has 0 atom stereocenters. The Labute approximate surface area is 176 Å². The number of aryl methyl sites for hydroxylation is 2. The van der Waals surface area contributed by atoms with Crippen LogP contribution in [0.4, 0.5) is 0 Å². The van der Waals surface area contributed by atoms with Crippen LogP contribution in [-0.4, -0.2) is 16.9 Å². The van der Waals surface area contributed by atoms with Crippen molar-refractivity contribution in [2.24, 2.45) is 0 Å². The van der Waals surface area contributed by atoms with Crippen LogP contribution in [-0.2, 0) is 12.8 Å². The molecule has 0 aliphatic heterocycles. The Morgan fingerprint density at radius 3 is 1.43 bits per heavy atom. The first kappa shape index (κ1) is 21.2. The van der Waals surface area contributed by atoms with Gasteiger partial charge in [0.1, 0.15) is 22.9 Å². The highest BCUT2D eigenvalue weighted by molar-refractivity contribution is 5.93. The van der Waals surface area contributed by atoms with E-state index >= 15 is 0 Å². The largest absolute Gasteiger partial charge is 0.422 e. The topological polar surface area (TPSA) is 65.5 Å². The predicted molar refractivity (Wildman–Crippen MR) is 115 cm³/mol. The summed E-state index contributed by atoms with van der Waals surface area (Å²) in [4.78, 5) is 28.9. The summed E-state index contributed by atoms with van der Waals surface area (Å²) in [6.07, 6.45) is 4.05. The predicted octanol–water partition coefficient (Wildman–Crippen LogP) is 5.43. The minimum atomic E-state index is -0.628. The Morgan fingerprint density at radius 1 is 0.667 bits per heavy atom. The molecule has 2 aromatic carbocycles. The molecule has 5 nitrogen and oxygen atoms in total. The monoisotopic (exact) mass is 403 g/mol. The number of esters is 2. The Hall–Kier alpha value is -3.47. The average molecular weight is 403 g/mol. The molecule has 0 N–H and O–H groups in total. The molecule has 0 saturated heterocycles. The maximum absolute atomic E-state index is 12.4. The van der Waals surface area contributed by atoms with Gasteiger partial charge in [0.25, 0.3) is 0 Å². The molecular weight excluding hydrogens is 378 g/mol. The fraction of sp³-hybridized carbons (Fsp3) is 0.240. The zero-order chi connectivity index (χ0) is 21.3. The summed E-state index contributed by atoms with van der Waals surface area (Å²) in [6, 6.07) is 19.3. The summed E-state index contributed by atoms with van der Waals surface area (Å²) in [6.45, 7) is 4.22. The summed E-state index contributed by atoms with van der Waals surface area (Å²) in [5.74, 6) is -0.391. The van der Waals surface area contributed by atoms with Gasteiger partial charge >= 0.3 is 11.9 Å². The van der Waals surface area contributed by atoms with Gasteiger partial charge in [0, 0.05) is 0 Å². The molecule has 154 valence electrons. The minimum Gasteiger partial charge on any atom is -0.422 e. The highest BCUT2D eigenvalue weighted by atomic mass is 16.5. The van der Waals surface area contributed by atoms with E-state index in [2.05, 4.69) is 18.8 Å². The van der Waals surface area contributed by atoms with E-state index in [0.717, 1.165) is 25.7 Å². The molecule has 30 heavy (non-hydrogen) atoms. The van der Waals surface area contributed by atoms with Crippen LogP contribution >= 0.6 is 0 Å². The van der Waals surface area contributed by atoms with Crippen molar-refractivity contribution in [2.75, 3.05) is 0 Å². The number of carbonyl (C=O) groups excluding carboxylic acids is 2. The third kappa shape index (κ3) is 5.77. The smallest absolute Gasteiger partial charge is 0.362 e. The highest BCUT2D eigenvalue weighted by Crippen LogP contribution is 2.17. The molecule has 0 bridgehead atoms. The van der Waals surface area contributed by atoms with Gasteiger partial charge in [0.05, 0.1) is 0 Å². The molecule has 3 aromatic rings. The summed E-state index contributed by atoms with van der Waals surface area (Å²) < 4.78 is 10.7. The van der Waals surface area contributed by atoms with Gasteiger partial charge < -0.3 is 9.47 Å². The van der Waals surface area contributed by atoms with Crippen LogP contribution in [0.5, 0.6) is 11.5 Å². The van der Waals surface area contributed by atoms with Crippen molar-refractivity contribution in [1.82, 2.24) is 4.98 Å². The Kier molecular flexibility index (Phi) is 7.33. The average Bonchev–Trinajstić information content (AvgIpc) is 2.77. The van der Waals surface area contributed by atoms with Gasteiger partial charge in [-0.1, -0.05) is 57.0 Å². The summed E-state index contributed by atoms with van der Waals surface area (Å²) >= 11 is 0. The number of hydrogen-bond acceptors (Lipinski definition) is 5. The molecule has 0 aliphatic carbocycles. The molecule has 0 unspecified atom stereocenters. The second kappa shape index (κ2) is 10.3. The van der Waals surface area contributed by atoms with Gasteiger partial charge in [0.2, 0.25) is 0 Å². The number of hydrogen-bond donors (Lipinski definition) is 0. The lowest BCUT2D eigenvalue weighted by Crippen LogP contribution is -2.15. The Balaban J connectivity index is 1.65. The van der Waals surface area contributed by atoms with Gasteiger partial charge in [-0.25, -0.2) is 14.6 Å². The van der Waals surface area contributed by atoms with Gasteiger partial charge in [-0.2, -0.15) is 0 Å². The lowest BCUT2D eigenvalue weighted by molar-refractivity contribution is 0.0722. The maximum Gasteiger partial charge on any atom is 0.362 e. The first-order valence-corrected chi connectivity index (χ1v) is 10.2. The van der Waals surface area contributed by atoms with Gasteiger partial charge in [0.15, 0.2) is 0 Å². The van der Waals surface area contributed by atoms with E-state index in [1.807, 2.05) is 24.3 Å². The summed E-state index contributed by atoms with van der Waals surface area (Å²) in [7, 11) is 0. The summed E-state index contributed by atoms with van der Waals surface area (Å²) in [5, 5.41) is 0. The van der Waals surface area contributed by atoms with E-state index in [0.29, 0.717) is 11.5 Å². The van der Waals surface area contributed by atoms with Crippen LogP contribution in [0.25, 0.3) is 0 Å². The van der Waals surface area contributed by atoms with Crippen LogP contribution in [0, 0.1) is 0 Å². The third-order valence-corrected chi connectivity index (χ3v) is 4.51. The second-order valence-corrected chi connectivity index (χ2v) is 6.98. The molecule has 0 spiro atoms. The van der Waals surface area contributed by atoms with Crippen LogP contribution in [0.2, 0.25) is 0 Å². The van der Waals surface area contributed by atoms with Crippen molar-refractivity contribution in [2.45, 2.75) is 39.5 Å². The zero-order valence-corrected chi connectivity index (χ0v) is 17.3. The number of pyridine rings is 1. The Morgan fingerprint density at radius 2 is 1.07 bits per heavy atom. The minimum absolute atomic E-state index is 0.0420. The number of aromatic nitrogens is 1. The molecule has 1 aromatic heterocycles. The standard InChI is InChI=1S/C25H25NO4/c1-3-6-18-10-14-20(15-11-18)29-24(27)22-8-5-9-23(26-22)25(28)30-21-16-12-19(7-4-2)13-17-21/h5,8-17H,3-4,6-7H2,1-2H3. The number of ether oxygens (including phenoxy) is 2.